The monoisotopic (exact) mass is 406 g/mol. The van der Waals surface area contributed by atoms with Crippen molar-refractivity contribution < 1.29 is 9.59 Å². The lowest BCUT2D eigenvalue weighted by molar-refractivity contribution is -0.119. The summed E-state index contributed by atoms with van der Waals surface area (Å²) >= 11 is 11.8. The van der Waals surface area contributed by atoms with Crippen molar-refractivity contribution >= 4 is 40.8 Å². The molecule has 0 N–H and O–H groups in total. The first kappa shape index (κ1) is 19.6. The second kappa shape index (κ2) is 8.23. The zero-order valence-electron chi connectivity index (χ0n) is 15.1. The molecule has 2 aromatic heterocycles. The lowest BCUT2D eigenvalue weighted by atomic mass is 10.0. The molecule has 1 saturated heterocycles. The van der Waals surface area contributed by atoms with Crippen molar-refractivity contribution in [1.29, 1.82) is 0 Å². The highest BCUT2D eigenvalue weighted by Gasteiger charge is 2.40. The molecule has 142 valence electrons. The van der Waals surface area contributed by atoms with E-state index in [1.165, 1.54) is 6.20 Å². The number of nitrogens with zero attached hydrogens (tertiary/aromatic N) is 4. The molecule has 1 aliphatic heterocycles. The smallest absolute Gasteiger partial charge is 0.312 e. The number of urea groups is 1. The molecule has 1 atom stereocenters. The van der Waals surface area contributed by atoms with Crippen molar-refractivity contribution in [1.82, 2.24) is 14.9 Å². The fourth-order valence-electron chi connectivity index (χ4n) is 3.13. The number of ketones is 1. The quantitative estimate of drug-likeness (QED) is 0.730. The number of halogens is 2. The van der Waals surface area contributed by atoms with Gasteiger partial charge in [0, 0.05) is 29.7 Å². The SMILES string of the molecule is CC(C)[C@H]1CN(c2ccc(Cl)cn2)C(=O)N1CC(=O)Cc1cc(Cl)ccn1. The Labute approximate surface area is 168 Å². The number of hydrogen-bond donors (Lipinski definition) is 0. The minimum atomic E-state index is -0.226. The predicted molar refractivity (Wildman–Crippen MR) is 105 cm³/mol. The van der Waals surface area contributed by atoms with Gasteiger partial charge in [0.25, 0.3) is 0 Å². The predicted octanol–water partition coefficient (Wildman–Crippen LogP) is 3.86. The van der Waals surface area contributed by atoms with Crippen LogP contribution in [0.25, 0.3) is 0 Å². The van der Waals surface area contributed by atoms with Crippen molar-refractivity contribution in [2.75, 3.05) is 18.0 Å². The van der Waals surface area contributed by atoms with E-state index >= 15 is 0 Å². The Morgan fingerprint density at radius 1 is 1.22 bits per heavy atom. The Morgan fingerprint density at radius 3 is 2.63 bits per heavy atom. The molecule has 3 heterocycles. The third-order valence-corrected chi connectivity index (χ3v) is 4.97. The van der Waals surface area contributed by atoms with E-state index in [4.69, 9.17) is 23.2 Å². The average Bonchev–Trinajstić information content (AvgIpc) is 2.92. The van der Waals surface area contributed by atoms with Gasteiger partial charge >= 0.3 is 6.03 Å². The second-order valence-electron chi connectivity index (χ2n) is 6.85. The molecule has 3 rings (SSSR count). The van der Waals surface area contributed by atoms with Gasteiger partial charge < -0.3 is 4.90 Å². The number of Topliss-reactive ketones (excluding diaryl/α,β-unsaturated/α-hetero) is 1. The van der Waals surface area contributed by atoms with Gasteiger partial charge in [-0.25, -0.2) is 9.78 Å². The van der Waals surface area contributed by atoms with Crippen LogP contribution < -0.4 is 4.90 Å². The Morgan fingerprint density at radius 2 is 2.00 bits per heavy atom. The molecule has 0 aliphatic carbocycles. The topological polar surface area (TPSA) is 66.4 Å². The van der Waals surface area contributed by atoms with Gasteiger partial charge in [0.05, 0.1) is 24.0 Å². The molecule has 27 heavy (non-hydrogen) atoms. The molecule has 2 amide bonds. The van der Waals surface area contributed by atoms with Crippen LogP contribution in [0.2, 0.25) is 10.0 Å². The van der Waals surface area contributed by atoms with Crippen LogP contribution in [-0.2, 0) is 11.2 Å². The molecule has 0 spiro atoms. The fourth-order valence-corrected chi connectivity index (χ4v) is 3.42. The first-order valence-corrected chi connectivity index (χ1v) is 9.42. The van der Waals surface area contributed by atoms with Gasteiger partial charge in [0.1, 0.15) is 5.82 Å². The number of rotatable bonds is 6. The minimum Gasteiger partial charge on any atom is -0.312 e. The van der Waals surface area contributed by atoms with Crippen molar-refractivity contribution in [2.45, 2.75) is 26.3 Å². The molecule has 1 fully saturated rings. The van der Waals surface area contributed by atoms with Gasteiger partial charge in [-0.05, 0) is 30.2 Å². The van der Waals surface area contributed by atoms with Crippen molar-refractivity contribution in [2.24, 2.45) is 5.92 Å². The summed E-state index contributed by atoms with van der Waals surface area (Å²) in [5.41, 5.74) is 0.594. The highest BCUT2D eigenvalue weighted by molar-refractivity contribution is 6.30. The fraction of sp³-hybridized carbons (Fsp3) is 0.368. The summed E-state index contributed by atoms with van der Waals surface area (Å²) in [7, 11) is 0. The standard InChI is InChI=1S/C19H20Cl2N4O2/c1-12(2)17-11-25(18-4-3-14(21)9-23-18)19(27)24(17)10-16(26)8-15-7-13(20)5-6-22-15/h3-7,9,12,17H,8,10-11H2,1-2H3/t17-/m1/s1. The molecule has 2 aromatic rings. The Hall–Kier alpha value is -2.18. The van der Waals surface area contributed by atoms with E-state index in [-0.39, 0.29) is 36.7 Å². The van der Waals surface area contributed by atoms with E-state index in [2.05, 4.69) is 9.97 Å². The maximum atomic E-state index is 12.9. The number of aromatic nitrogens is 2. The Kier molecular flexibility index (Phi) is 5.97. The number of hydrogen-bond acceptors (Lipinski definition) is 4. The van der Waals surface area contributed by atoms with Crippen LogP contribution in [0.15, 0.2) is 36.7 Å². The van der Waals surface area contributed by atoms with Gasteiger partial charge in [0.2, 0.25) is 0 Å². The highest BCUT2D eigenvalue weighted by Crippen LogP contribution is 2.27. The first-order chi connectivity index (χ1) is 12.8. The van der Waals surface area contributed by atoms with Crippen LogP contribution in [0.1, 0.15) is 19.5 Å². The lowest BCUT2D eigenvalue weighted by Gasteiger charge is -2.25. The molecule has 0 radical (unpaired) electrons. The third kappa shape index (κ3) is 4.57. The Balaban J connectivity index is 1.75. The van der Waals surface area contributed by atoms with Gasteiger partial charge in [-0.3, -0.25) is 14.7 Å². The third-order valence-electron chi connectivity index (χ3n) is 4.51. The zero-order chi connectivity index (χ0) is 19.6. The van der Waals surface area contributed by atoms with Crippen molar-refractivity contribution in [3.05, 3.63) is 52.4 Å². The summed E-state index contributed by atoms with van der Waals surface area (Å²) in [6.07, 6.45) is 3.21. The first-order valence-electron chi connectivity index (χ1n) is 8.67. The normalized spacial score (nSPS) is 17.1. The second-order valence-corrected chi connectivity index (χ2v) is 7.72. The molecule has 6 nitrogen and oxygen atoms in total. The van der Waals surface area contributed by atoms with E-state index in [0.29, 0.717) is 28.1 Å². The summed E-state index contributed by atoms with van der Waals surface area (Å²) < 4.78 is 0. The van der Waals surface area contributed by atoms with E-state index in [9.17, 15) is 9.59 Å². The van der Waals surface area contributed by atoms with E-state index < -0.39 is 0 Å². The van der Waals surface area contributed by atoms with Crippen LogP contribution in [0.4, 0.5) is 10.6 Å². The molecule has 1 aliphatic rings. The maximum Gasteiger partial charge on any atom is 0.326 e. The number of anilines is 1. The maximum absolute atomic E-state index is 12.9. The van der Waals surface area contributed by atoms with Crippen LogP contribution in [0.3, 0.4) is 0 Å². The van der Waals surface area contributed by atoms with E-state index in [1.54, 1.807) is 40.3 Å². The van der Waals surface area contributed by atoms with E-state index in [1.807, 2.05) is 13.8 Å². The largest absolute Gasteiger partial charge is 0.326 e. The van der Waals surface area contributed by atoms with Gasteiger partial charge in [-0.2, -0.15) is 0 Å². The molecular weight excluding hydrogens is 387 g/mol. The summed E-state index contributed by atoms with van der Waals surface area (Å²) in [6.45, 7) is 4.58. The number of amides is 2. The Bertz CT molecular complexity index is 842. The van der Waals surface area contributed by atoms with Gasteiger partial charge in [-0.15, -0.1) is 0 Å². The number of pyridine rings is 2. The molecule has 8 heteroatoms. The van der Waals surface area contributed by atoms with Crippen molar-refractivity contribution in [3.63, 3.8) is 0 Å². The van der Waals surface area contributed by atoms with Crippen LogP contribution >= 0.6 is 23.2 Å². The van der Waals surface area contributed by atoms with Gasteiger partial charge in [-0.1, -0.05) is 37.0 Å². The summed E-state index contributed by atoms with van der Waals surface area (Å²) in [5.74, 6) is 0.638. The summed E-state index contributed by atoms with van der Waals surface area (Å²) in [6, 6.07) is 6.42. The summed E-state index contributed by atoms with van der Waals surface area (Å²) in [5, 5.41) is 1.04. The highest BCUT2D eigenvalue weighted by atomic mass is 35.5. The summed E-state index contributed by atoms with van der Waals surface area (Å²) in [4.78, 5) is 37.1. The van der Waals surface area contributed by atoms with Crippen LogP contribution in [0, 0.1) is 5.92 Å². The molecular formula is C19H20Cl2N4O2. The average molecular weight is 407 g/mol. The number of carbonyl (C=O) groups excluding carboxylic acids is 2. The van der Waals surface area contributed by atoms with Gasteiger partial charge in [0.15, 0.2) is 5.78 Å². The molecule has 0 saturated carbocycles. The van der Waals surface area contributed by atoms with Crippen LogP contribution in [-0.4, -0.2) is 45.8 Å². The van der Waals surface area contributed by atoms with Crippen molar-refractivity contribution in [3.8, 4) is 0 Å². The lowest BCUT2D eigenvalue weighted by Crippen LogP contribution is -2.41. The zero-order valence-corrected chi connectivity index (χ0v) is 16.6. The van der Waals surface area contributed by atoms with Crippen LogP contribution in [0.5, 0.6) is 0 Å². The molecule has 0 bridgehead atoms. The minimum absolute atomic E-state index is 0.0277. The van der Waals surface area contributed by atoms with E-state index in [0.717, 1.165) is 0 Å². The number of carbonyl (C=O) groups is 2. The molecule has 0 unspecified atom stereocenters. The molecule has 0 aromatic carbocycles.